The largest absolute Gasteiger partial charge is 0.370 e. The second-order valence-corrected chi connectivity index (χ2v) is 8.78. The van der Waals surface area contributed by atoms with E-state index < -0.39 is 0 Å². The Morgan fingerprint density at radius 2 is 2.27 bits per heavy atom. The molecule has 0 bridgehead atoms. The van der Waals surface area contributed by atoms with Gasteiger partial charge in [-0.3, -0.25) is 4.79 Å². The predicted molar refractivity (Wildman–Crippen MR) is 101 cm³/mol. The Morgan fingerprint density at radius 1 is 1.42 bits per heavy atom. The zero-order valence-electron chi connectivity index (χ0n) is 14.7. The third-order valence-electron chi connectivity index (χ3n) is 4.76. The molecule has 1 atom stereocenters. The minimum absolute atomic E-state index is 0.268. The second-order valence-electron chi connectivity index (χ2n) is 6.74. The van der Waals surface area contributed by atoms with E-state index in [0.717, 1.165) is 39.6 Å². The number of rotatable bonds is 5. The van der Waals surface area contributed by atoms with E-state index in [1.807, 2.05) is 11.6 Å². The van der Waals surface area contributed by atoms with Crippen molar-refractivity contribution in [2.45, 2.75) is 49.2 Å². The summed E-state index contributed by atoms with van der Waals surface area (Å²) in [5.41, 5.74) is 6.63. The summed E-state index contributed by atoms with van der Waals surface area (Å²) in [4.78, 5) is 22.5. The minimum Gasteiger partial charge on any atom is -0.370 e. The van der Waals surface area contributed by atoms with E-state index in [0.29, 0.717) is 6.42 Å². The van der Waals surface area contributed by atoms with Crippen molar-refractivity contribution < 1.29 is 4.79 Å². The lowest BCUT2D eigenvalue weighted by Crippen LogP contribution is -2.12. The van der Waals surface area contributed by atoms with Gasteiger partial charge in [-0.2, -0.15) is 0 Å². The van der Waals surface area contributed by atoms with E-state index in [4.69, 9.17) is 5.73 Å². The van der Waals surface area contributed by atoms with E-state index in [9.17, 15) is 4.79 Å². The summed E-state index contributed by atoms with van der Waals surface area (Å²) in [7, 11) is 1.90. The van der Waals surface area contributed by atoms with E-state index >= 15 is 0 Å². The molecular weight excluding hydrogens is 368 g/mol. The van der Waals surface area contributed by atoms with Crippen LogP contribution in [-0.4, -0.2) is 30.6 Å². The highest BCUT2D eigenvalue weighted by atomic mass is 32.2. The molecule has 1 amide bonds. The second kappa shape index (κ2) is 6.96. The van der Waals surface area contributed by atoms with Crippen molar-refractivity contribution in [1.29, 1.82) is 0 Å². The zero-order valence-corrected chi connectivity index (χ0v) is 16.4. The molecule has 1 aliphatic carbocycles. The summed E-state index contributed by atoms with van der Waals surface area (Å²) in [5.74, 6) is 1.14. The average molecular weight is 389 g/mol. The lowest BCUT2D eigenvalue weighted by molar-refractivity contribution is -0.118. The van der Waals surface area contributed by atoms with Crippen LogP contribution in [-0.2, 0) is 31.1 Å². The SMILES string of the molecule is CC1CCc2c(sc3ncnc(Sc4nnc(CCC(N)=O)n4C)c23)C1. The Hall–Kier alpha value is -2.00. The van der Waals surface area contributed by atoms with Crippen molar-refractivity contribution in [2.24, 2.45) is 18.7 Å². The summed E-state index contributed by atoms with van der Waals surface area (Å²) in [5, 5.41) is 11.3. The van der Waals surface area contributed by atoms with Gasteiger partial charge >= 0.3 is 0 Å². The number of carbonyl (C=O) groups is 1. The molecular formula is C17H20N6OS2. The molecule has 3 aromatic heterocycles. The first kappa shape index (κ1) is 17.4. The molecule has 4 rings (SSSR count). The number of aryl methyl sites for hydroxylation is 2. The van der Waals surface area contributed by atoms with Crippen molar-refractivity contribution in [1.82, 2.24) is 24.7 Å². The summed E-state index contributed by atoms with van der Waals surface area (Å²) >= 11 is 3.30. The van der Waals surface area contributed by atoms with Gasteiger partial charge in [0.05, 0.1) is 0 Å². The van der Waals surface area contributed by atoms with Gasteiger partial charge in [0, 0.05) is 30.2 Å². The van der Waals surface area contributed by atoms with Crippen LogP contribution in [0.15, 0.2) is 16.5 Å². The van der Waals surface area contributed by atoms with Gasteiger partial charge in [0.1, 0.15) is 22.0 Å². The van der Waals surface area contributed by atoms with Crippen LogP contribution in [0.2, 0.25) is 0 Å². The summed E-state index contributed by atoms with van der Waals surface area (Å²) in [6.45, 7) is 2.31. The monoisotopic (exact) mass is 388 g/mol. The molecule has 0 saturated carbocycles. The maximum atomic E-state index is 11.0. The van der Waals surface area contributed by atoms with Crippen LogP contribution in [0, 0.1) is 5.92 Å². The molecule has 2 N–H and O–H groups in total. The molecule has 0 spiro atoms. The van der Waals surface area contributed by atoms with Crippen LogP contribution in [0.5, 0.6) is 0 Å². The van der Waals surface area contributed by atoms with Crippen molar-refractivity contribution in [3.05, 3.63) is 22.6 Å². The number of amides is 1. The third kappa shape index (κ3) is 3.21. The van der Waals surface area contributed by atoms with Gasteiger partial charge in [0.2, 0.25) is 5.91 Å². The number of aromatic nitrogens is 5. The third-order valence-corrected chi connectivity index (χ3v) is 6.97. The summed E-state index contributed by atoms with van der Waals surface area (Å²) < 4.78 is 1.91. The zero-order chi connectivity index (χ0) is 18.3. The Labute approximate surface area is 159 Å². The van der Waals surface area contributed by atoms with Crippen molar-refractivity contribution >= 4 is 39.2 Å². The van der Waals surface area contributed by atoms with Gasteiger partial charge in [0.25, 0.3) is 0 Å². The summed E-state index contributed by atoms with van der Waals surface area (Å²) in [6.07, 6.45) is 5.80. The van der Waals surface area contributed by atoms with Gasteiger partial charge in [-0.15, -0.1) is 21.5 Å². The van der Waals surface area contributed by atoms with Crippen LogP contribution in [0.1, 0.15) is 36.0 Å². The number of carbonyl (C=O) groups excluding carboxylic acids is 1. The Balaban J connectivity index is 1.67. The number of hydrogen-bond acceptors (Lipinski definition) is 7. The van der Waals surface area contributed by atoms with E-state index in [2.05, 4.69) is 27.1 Å². The maximum Gasteiger partial charge on any atom is 0.217 e. The highest BCUT2D eigenvalue weighted by Crippen LogP contribution is 2.41. The molecule has 0 fully saturated rings. The van der Waals surface area contributed by atoms with Crippen LogP contribution < -0.4 is 5.73 Å². The molecule has 3 heterocycles. The fraction of sp³-hybridized carbons (Fsp3) is 0.471. The van der Waals surface area contributed by atoms with Crippen LogP contribution in [0.4, 0.5) is 0 Å². The molecule has 0 saturated heterocycles. The van der Waals surface area contributed by atoms with Gasteiger partial charge in [0.15, 0.2) is 5.16 Å². The van der Waals surface area contributed by atoms with Gasteiger partial charge < -0.3 is 10.3 Å². The molecule has 0 radical (unpaired) electrons. The van der Waals surface area contributed by atoms with Gasteiger partial charge in [-0.25, -0.2) is 9.97 Å². The molecule has 1 unspecified atom stereocenters. The molecule has 9 heteroatoms. The molecule has 7 nitrogen and oxygen atoms in total. The van der Waals surface area contributed by atoms with Crippen LogP contribution in [0.25, 0.3) is 10.2 Å². The maximum absolute atomic E-state index is 11.0. The van der Waals surface area contributed by atoms with Crippen LogP contribution >= 0.6 is 23.1 Å². The number of thiophene rings is 1. The highest BCUT2D eigenvalue weighted by molar-refractivity contribution is 7.99. The first-order valence-electron chi connectivity index (χ1n) is 8.62. The summed E-state index contributed by atoms with van der Waals surface area (Å²) in [6, 6.07) is 0. The van der Waals surface area contributed by atoms with Crippen molar-refractivity contribution in [2.75, 3.05) is 0 Å². The number of primary amides is 1. The standard InChI is InChI=1S/C17H20N6OS2/c1-9-3-4-10-11(7-9)25-15-14(10)16(20-8-19-15)26-17-22-21-13(23(17)2)6-5-12(18)24/h8-9H,3-7H2,1-2H3,(H2,18,24). The lowest BCUT2D eigenvalue weighted by Gasteiger charge is -2.18. The molecule has 1 aliphatic rings. The number of nitrogens with two attached hydrogens (primary N) is 1. The van der Waals surface area contributed by atoms with E-state index in [1.165, 1.54) is 34.0 Å². The molecule has 0 aliphatic heterocycles. The van der Waals surface area contributed by atoms with E-state index in [1.54, 1.807) is 17.7 Å². The number of fused-ring (bicyclic) bond motifs is 3. The highest BCUT2D eigenvalue weighted by Gasteiger charge is 2.24. The van der Waals surface area contributed by atoms with E-state index in [-0.39, 0.29) is 12.3 Å². The first-order chi connectivity index (χ1) is 12.5. The molecule has 136 valence electrons. The molecule has 26 heavy (non-hydrogen) atoms. The molecule has 3 aromatic rings. The Morgan fingerprint density at radius 3 is 3.08 bits per heavy atom. The first-order valence-corrected chi connectivity index (χ1v) is 10.3. The fourth-order valence-electron chi connectivity index (χ4n) is 3.30. The van der Waals surface area contributed by atoms with Gasteiger partial charge in [-0.1, -0.05) is 6.92 Å². The lowest BCUT2D eigenvalue weighted by atomic mass is 9.89. The fourth-order valence-corrected chi connectivity index (χ4v) is 5.63. The normalized spacial score (nSPS) is 16.8. The quantitative estimate of drug-likeness (QED) is 0.674. The topological polar surface area (TPSA) is 99.6 Å². The molecule has 0 aromatic carbocycles. The smallest absolute Gasteiger partial charge is 0.217 e. The van der Waals surface area contributed by atoms with Crippen molar-refractivity contribution in [3.8, 4) is 0 Å². The predicted octanol–water partition coefficient (Wildman–Crippen LogP) is 2.51. The number of nitrogens with zero attached hydrogens (tertiary/aromatic N) is 5. The Bertz CT molecular complexity index is 979. The van der Waals surface area contributed by atoms with Gasteiger partial charge in [-0.05, 0) is 42.5 Å². The van der Waals surface area contributed by atoms with Crippen LogP contribution in [0.3, 0.4) is 0 Å². The average Bonchev–Trinajstić information content (AvgIpc) is 3.14. The minimum atomic E-state index is -0.334. The Kier molecular flexibility index (Phi) is 4.66. The van der Waals surface area contributed by atoms with Crippen molar-refractivity contribution in [3.63, 3.8) is 0 Å². The number of hydrogen-bond donors (Lipinski definition) is 1.